The van der Waals surface area contributed by atoms with Crippen molar-refractivity contribution in [1.29, 1.82) is 0 Å². The van der Waals surface area contributed by atoms with Gasteiger partial charge in [-0.1, -0.05) is 0 Å². The molecule has 3 nitrogen and oxygen atoms in total. The average Bonchev–Trinajstić information content (AvgIpc) is 2.52. The van der Waals surface area contributed by atoms with E-state index >= 15 is 0 Å². The van der Waals surface area contributed by atoms with Gasteiger partial charge in [-0.25, -0.2) is 4.98 Å². The number of hydrogen-bond donors (Lipinski definition) is 1. The highest BCUT2D eigenvalue weighted by atomic mass is 32.1. The SMILES string of the molecule is CCOCc1nc(C)c(CNC(C)(C)C)s1. The minimum absolute atomic E-state index is 0.149. The first-order valence-corrected chi connectivity index (χ1v) is 6.52. The molecule has 1 N–H and O–H groups in total. The van der Waals surface area contributed by atoms with Crippen LogP contribution in [0.2, 0.25) is 0 Å². The second-order valence-corrected chi connectivity index (χ2v) is 6.03. The minimum Gasteiger partial charge on any atom is -0.375 e. The van der Waals surface area contributed by atoms with Gasteiger partial charge in [-0.2, -0.15) is 0 Å². The van der Waals surface area contributed by atoms with Crippen LogP contribution >= 0.6 is 11.3 Å². The van der Waals surface area contributed by atoms with Gasteiger partial charge < -0.3 is 10.1 Å². The van der Waals surface area contributed by atoms with Crippen LogP contribution in [0.4, 0.5) is 0 Å². The van der Waals surface area contributed by atoms with E-state index in [-0.39, 0.29) is 5.54 Å². The zero-order valence-corrected chi connectivity index (χ0v) is 11.7. The monoisotopic (exact) mass is 242 g/mol. The molecule has 16 heavy (non-hydrogen) atoms. The largest absolute Gasteiger partial charge is 0.375 e. The highest BCUT2D eigenvalue weighted by Gasteiger charge is 2.12. The molecule has 1 aromatic heterocycles. The van der Waals surface area contributed by atoms with Crippen LogP contribution in [0.15, 0.2) is 0 Å². The molecule has 0 saturated heterocycles. The van der Waals surface area contributed by atoms with E-state index in [1.54, 1.807) is 11.3 Å². The van der Waals surface area contributed by atoms with Crippen LogP contribution in [-0.2, 0) is 17.9 Å². The van der Waals surface area contributed by atoms with E-state index in [2.05, 4.69) is 38.0 Å². The fourth-order valence-corrected chi connectivity index (χ4v) is 2.20. The molecule has 1 aromatic rings. The van der Waals surface area contributed by atoms with Gasteiger partial charge in [-0.15, -0.1) is 11.3 Å². The number of nitrogens with one attached hydrogen (secondary N) is 1. The number of aromatic nitrogens is 1. The van der Waals surface area contributed by atoms with Crippen LogP contribution in [0, 0.1) is 6.92 Å². The zero-order chi connectivity index (χ0) is 12.2. The summed E-state index contributed by atoms with van der Waals surface area (Å²) in [5.74, 6) is 0. The molecule has 92 valence electrons. The third-order valence-corrected chi connectivity index (χ3v) is 3.28. The molecule has 1 rings (SSSR count). The summed E-state index contributed by atoms with van der Waals surface area (Å²) >= 11 is 1.74. The highest BCUT2D eigenvalue weighted by molar-refractivity contribution is 7.11. The van der Waals surface area contributed by atoms with Crippen molar-refractivity contribution in [1.82, 2.24) is 10.3 Å². The lowest BCUT2D eigenvalue weighted by Crippen LogP contribution is -2.34. The Hall–Kier alpha value is -0.450. The third kappa shape index (κ3) is 4.60. The maximum absolute atomic E-state index is 5.36. The number of rotatable bonds is 5. The van der Waals surface area contributed by atoms with Gasteiger partial charge in [0.2, 0.25) is 0 Å². The van der Waals surface area contributed by atoms with Gasteiger partial charge in [0, 0.05) is 23.6 Å². The van der Waals surface area contributed by atoms with Gasteiger partial charge >= 0.3 is 0 Å². The van der Waals surface area contributed by atoms with E-state index in [9.17, 15) is 0 Å². The topological polar surface area (TPSA) is 34.1 Å². The molecule has 0 saturated carbocycles. The first-order chi connectivity index (χ1) is 7.42. The van der Waals surface area contributed by atoms with E-state index < -0.39 is 0 Å². The smallest absolute Gasteiger partial charge is 0.119 e. The molecular weight excluding hydrogens is 220 g/mol. The number of ether oxygens (including phenoxy) is 1. The molecule has 0 aliphatic carbocycles. The Morgan fingerprint density at radius 3 is 2.62 bits per heavy atom. The van der Waals surface area contributed by atoms with Crippen molar-refractivity contribution in [3.63, 3.8) is 0 Å². The fourth-order valence-electron chi connectivity index (χ4n) is 1.25. The van der Waals surface area contributed by atoms with Gasteiger partial charge in [-0.05, 0) is 34.6 Å². The summed E-state index contributed by atoms with van der Waals surface area (Å²) < 4.78 is 5.36. The van der Waals surface area contributed by atoms with Crippen molar-refractivity contribution in [2.75, 3.05) is 6.61 Å². The summed E-state index contributed by atoms with van der Waals surface area (Å²) in [6.07, 6.45) is 0. The Bertz CT molecular complexity index is 328. The molecule has 0 aliphatic heterocycles. The van der Waals surface area contributed by atoms with E-state index in [4.69, 9.17) is 4.74 Å². The van der Waals surface area contributed by atoms with Crippen molar-refractivity contribution < 1.29 is 4.74 Å². The van der Waals surface area contributed by atoms with Gasteiger partial charge in [0.05, 0.1) is 12.3 Å². The third-order valence-electron chi connectivity index (χ3n) is 2.15. The van der Waals surface area contributed by atoms with Gasteiger partial charge in [0.15, 0.2) is 0 Å². The highest BCUT2D eigenvalue weighted by Crippen LogP contribution is 2.19. The number of hydrogen-bond acceptors (Lipinski definition) is 4. The van der Waals surface area contributed by atoms with Crippen LogP contribution in [0.1, 0.15) is 43.3 Å². The molecule has 0 spiro atoms. The molecular formula is C12H22N2OS. The van der Waals surface area contributed by atoms with Crippen molar-refractivity contribution in [2.45, 2.75) is 53.3 Å². The van der Waals surface area contributed by atoms with Crippen molar-refractivity contribution >= 4 is 11.3 Å². The van der Waals surface area contributed by atoms with E-state index in [1.807, 2.05) is 6.92 Å². The Morgan fingerprint density at radius 2 is 2.06 bits per heavy atom. The van der Waals surface area contributed by atoms with Crippen molar-refractivity contribution in [3.05, 3.63) is 15.6 Å². The first kappa shape index (κ1) is 13.6. The number of nitrogens with zero attached hydrogens (tertiary/aromatic N) is 1. The van der Waals surface area contributed by atoms with E-state index in [1.165, 1.54) is 4.88 Å². The number of aryl methyl sites for hydroxylation is 1. The molecule has 4 heteroatoms. The maximum atomic E-state index is 5.36. The summed E-state index contributed by atoms with van der Waals surface area (Å²) in [7, 11) is 0. The Labute approximate surface area is 102 Å². The summed E-state index contributed by atoms with van der Waals surface area (Å²) in [5.41, 5.74) is 1.27. The molecule has 0 atom stereocenters. The summed E-state index contributed by atoms with van der Waals surface area (Å²) in [6, 6.07) is 0. The summed E-state index contributed by atoms with van der Waals surface area (Å²) in [4.78, 5) is 5.81. The second kappa shape index (κ2) is 5.75. The molecule has 0 fully saturated rings. The quantitative estimate of drug-likeness (QED) is 0.862. The predicted octanol–water partition coefficient (Wildman–Crippen LogP) is 2.88. The minimum atomic E-state index is 0.149. The molecule has 0 aromatic carbocycles. The van der Waals surface area contributed by atoms with Gasteiger partial charge in [-0.3, -0.25) is 0 Å². The van der Waals surface area contributed by atoms with Crippen LogP contribution in [0.25, 0.3) is 0 Å². The average molecular weight is 242 g/mol. The molecule has 0 amide bonds. The number of thiazole rings is 1. The fraction of sp³-hybridized carbons (Fsp3) is 0.750. The van der Waals surface area contributed by atoms with Crippen LogP contribution in [0.3, 0.4) is 0 Å². The standard InChI is InChI=1S/C12H22N2OS/c1-6-15-8-11-14-9(2)10(16-11)7-13-12(3,4)5/h13H,6-8H2,1-5H3. The lowest BCUT2D eigenvalue weighted by Gasteiger charge is -2.19. The van der Waals surface area contributed by atoms with E-state index in [0.29, 0.717) is 6.61 Å². The molecule has 0 radical (unpaired) electrons. The molecule has 0 bridgehead atoms. The van der Waals surface area contributed by atoms with E-state index in [0.717, 1.165) is 23.9 Å². The van der Waals surface area contributed by atoms with Crippen LogP contribution in [-0.4, -0.2) is 17.1 Å². The lowest BCUT2D eigenvalue weighted by molar-refractivity contribution is 0.134. The van der Waals surface area contributed by atoms with Gasteiger partial charge in [0.1, 0.15) is 5.01 Å². The van der Waals surface area contributed by atoms with Crippen molar-refractivity contribution in [3.8, 4) is 0 Å². The Morgan fingerprint density at radius 1 is 1.38 bits per heavy atom. The Balaban J connectivity index is 2.56. The van der Waals surface area contributed by atoms with Crippen LogP contribution in [0.5, 0.6) is 0 Å². The maximum Gasteiger partial charge on any atom is 0.119 e. The molecule has 0 aliphatic rings. The Kier molecular flexibility index (Phi) is 4.89. The lowest BCUT2D eigenvalue weighted by atomic mass is 10.1. The zero-order valence-electron chi connectivity index (χ0n) is 10.9. The summed E-state index contributed by atoms with van der Waals surface area (Å²) in [5, 5.41) is 4.55. The predicted molar refractivity (Wildman–Crippen MR) is 68.8 cm³/mol. The normalized spacial score (nSPS) is 12.1. The molecule has 0 unspecified atom stereocenters. The molecule has 1 heterocycles. The second-order valence-electron chi connectivity index (χ2n) is 4.86. The van der Waals surface area contributed by atoms with Crippen LogP contribution < -0.4 is 5.32 Å². The first-order valence-electron chi connectivity index (χ1n) is 5.70. The van der Waals surface area contributed by atoms with Crippen molar-refractivity contribution in [2.24, 2.45) is 0 Å². The summed E-state index contributed by atoms with van der Waals surface area (Å²) in [6.45, 7) is 12.8. The van der Waals surface area contributed by atoms with Gasteiger partial charge in [0.25, 0.3) is 0 Å².